The van der Waals surface area contributed by atoms with Crippen LogP contribution in [0.3, 0.4) is 0 Å². The first-order valence-corrected chi connectivity index (χ1v) is 7.58. The molecule has 1 aromatic carbocycles. The van der Waals surface area contributed by atoms with Gasteiger partial charge in [-0.3, -0.25) is 9.69 Å². The highest BCUT2D eigenvalue weighted by atomic mass is 16.1. The van der Waals surface area contributed by atoms with E-state index in [0.29, 0.717) is 12.6 Å². The number of nitrogens with zero attached hydrogens (tertiary/aromatic N) is 1. The lowest BCUT2D eigenvalue weighted by Crippen LogP contribution is -2.33. The number of hydrogen-bond acceptors (Lipinski definition) is 4. The minimum Gasteiger partial charge on any atom is -0.382 e. The molecule has 0 aromatic heterocycles. The summed E-state index contributed by atoms with van der Waals surface area (Å²) in [6.45, 7) is 6.75. The third-order valence-corrected chi connectivity index (χ3v) is 4.16. The van der Waals surface area contributed by atoms with Gasteiger partial charge in [0.2, 0.25) is 0 Å². The van der Waals surface area contributed by atoms with Crippen molar-refractivity contribution in [2.75, 3.05) is 38.0 Å². The Hall–Kier alpha value is -1.39. The van der Waals surface area contributed by atoms with Gasteiger partial charge < -0.3 is 10.6 Å². The molecule has 2 aliphatic heterocycles. The van der Waals surface area contributed by atoms with Crippen LogP contribution in [0.4, 0.5) is 5.69 Å². The van der Waals surface area contributed by atoms with Crippen molar-refractivity contribution in [2.45, 2.75) is 25.8 Å². The third-order valence-electron chi connectivity index (χ3n) is 4.16. The molecule has 1 atom stereocenters. The average molecular weight is 273 g/mol. The second-order valence-electron chi connectivity index (χ2n) is 5.92. The summed E-state index contributed by atoms with van der Waals surface area (Å²) in [5, 5.41) is 6.79. The number of carbonyl (C=O) groups excluding carboxylic acids is 1. The lowest BCUT2D eigenvalue weighted by atomic mass is 10.0. The van der Waals surface area contributed by atoms with Crippen molar-refractivity contribution < 1.29 is 4.79 Å². The molecular weight excluding hydrogens is 250 g/mol. The zero-order valence-electron chi connectivity index (χ0n) is 12.1. The Bertz CT molecular complexity index is 492. The Kier molecular flexibility index (Phi) is 4.03. The minimum atomic E-state index is 0.245. The number of fused-ring (bicyclic) bond motifs is 1. The molecule has 4 heteroatoms. The normalized spacial score (nSPS) is 22.9. The van der Waals surface area contributed by atoms with E-state index in [-0.39, 0.29) is 5.78 Å². The van der Waals surface area contributed by atoms with Gasteiger partial charge in [-0.15, -0.1) is 0 Å². The van der Waals surface area contributed by atoms with Crippen LogP contribution in [-0.4, -0.2) is 49.4 Å². The van der Waals surface area contributed by atoms with Crippen molar-refractivity contribution in [1.29, 1.82) is 0 Å². The number of carbonyl (C=O) groups is 1. The quantitative estimate of drug-likeness (QED) is 0.820. The predicted octanol–water partition coefficient (Wildman–Crippen LogP) is 1.52. The molecule has 20 heavy (non-hydrogen) atoms. The SMILES string of the molecule is CC1Cc2cc(C(=O)CN3CCCNCC3)ccc2N1. The standard InChI is InChI=1S/C16H23N3O/c1-12-9-14-10-13(3-4-15(14)18-12)16(20)11-19-7-2-5-17-6-8-19/h3-4,10,12,17-18H,2,5-9,11H2,1H3. The maximum atomic E-state index is 12.4. The van der Waals surface area contributed by atoms with E-state index in [1.165, 1.54) is 11.3 Å². The Morgan fingerprint density at radius 3 is 3.15 bits per heavy atom. The number of hydrogen-bond donors (Lipinski definition) is 2. The molecule has 3 rings (SSSR count). The summed E-state index contributed by atoms with van der Waals surface area (Å²) < 4.78 is 0. The van der Waals surface area contributed by atoms with Gasteiger partial charge in [-0.25, -0.2) is 0 Å². The molecular formula is C16H23N3O. The molecule has 108 valence electrons. The molecule has 1 unspecified atom stereocenters. The van der Waals surface area contributed by atoms with Gasteiger partial charge in [0, 0.05) is 30.4 Å². The molecule has 0 radical (unpaired) electrons. The zero-order chi connectivity index (χ0) is 13.9. The molecule has 0 spiro atoms. The molecule has 4 nitrogen and oxygen atoms in total. The maximum Gasteiger partial charge on any atom is 0.176 e. The van der Waals surface area contributed by atoms with E-state index < -0.39 is 0 Å². The number of ketones is 1. The molecule has 2 aliphatic rings. The topological polar surface area (TPSA) is 44.4 Å². The van der Waals surface area contributed by atoms with Crippen LogP contribution >= 0.6 is 0 Å². The van der Waals surface area contributed by atoms with Crippen LogP contribution < -0.4 is 10.6 Å². The van der Waals surface area contributed by atoms with E-state index in [9.17, 15) is 4.79 Å². The Balaban J connectivity index is 1.66. The van der Waals surface area contributed by atoms with Gasteiger partial charge in [0.25, 0.3) is 0 Å². The Morgan fingerprint density at radius 2 is 2.25 bits per heavy atom. The van der Waals surface area contributed by atoms with Crippen molar-refractivity contribution in [2.24, 2.45) is 0 Å². The average Bonchev–Trinajstić information content (AvgIpc) is 2.62. The molecule has 0 amide bonds. The number of rotatable bonds is 3. The van der Waals surface area contributed by atoms with Gasteiger partial charge in [-0.2, -0.15) is 0 Å². The molecule has 0 bridgehead atoms. The van der Waals surface area contributed by atoms with E-state index in [1.54, 1.807) is 0 Å². The predicted molar refractivity (Wildman–Crippen MR) is 81.5 cm³/mol. The zero-order valence-corrected chi connectivity index (χ0v) is 12.1. The van der Waals surface area contributed by atoms with Crippen LogP contribution in [0, 0.1) is 0 Å². The first-order chi connectivity index (χ1) is 9.72. The lowest BCUT2D eigenvalue weighted by Gasteiger charge is -2.18. The van der Waals surface area contributed by atoms with Gasteiger partial charge in [-0.05, 0) is 56.6 Å². The largest absolute Gasteiger partial charge is 0.382 e. The summed E-state index contributed by atoms with van der Waals surface area (Å²) in [5.74, 6) is 0.245. The fourth-order valence-corrected chi connectivity index (χ4v) is 3.08. The first-order valence-electron chi connectivity index (χ1n) is 7.58. The minimum absolute atomic E-state index is 0.245. The summed E-state index contributed by atoms with van der Waals surface area (Å²) in [4.78, 5) is 14.7. The molecule has 1 aromatic rings. The van der Waals surface area contributed by atoms with E-state index >= 15 is 0 Å². The highest BCUT2D eigenvalue weighted by Gasteiger charge is 2.19. The summed E-state index contributed by atoms with van der Waals surface area (Å²) >= 11 is 0. The van der Waals surface area contributed by atoms with Crippen molar-refractivity contribution in [3.8, 4) is 0 Å². The van der Waals surface area contributed by atoms with Gasteiger partial charge in [0.05, 0.1) is 6.54 Å². The van der Waals surface area contributed by atoms with Gasteiger partial charge >= 0.3 is 0 Å². The summed E-state index contributed by atoms with van der Waals surface area (Å²) in [6, 6.07) is 6.56. The Labute approximate surface area is 120 Å². The first kappa shape index (κ1) is 13.6. The van der Waals surface area contributed by atoms with Crippen LogP contribution in [0.2, 0.25) is 0 Å². The monoisotopic (exact) mass is 273 g/mol. The van der Waals surface area contributed by atoms with Crippen LogP contribution in [0.1, 0.15) is 29.3 Å². The molecule has 0 saturated carbocycles. The van der Waals surface area contributed by atoms with E-state index in [2.05, 4.69) is 34.6 Å². The van der Waals surface area contributed by atoms with E-state index in [1.807, 2.05) is 6.07 Å². The van der Waals surface area contributed by atoms with Crippen LogP contribution in [-0.2, 0) is 6.42 Å². The maximum absolute atomic E-state index is 12.4. The third kappa shape index (κ3) is 3.02. The Morgan fingerprint density at radius 1 is 1.35 bits per heavy atom. The van der Waals surface area contributed by atoms with Gasteiger partial charge in [-0.1, -0.05) is 0 Å². The molecule has 2 heterocycles. The molecule has 1 saturated heterocycles. The number of anilines is 1. The second-order valence-corrected chi connectivity index (χ2v) is 5.92. The van der Waals surface area contributed by atoms with Crippen molar-refractivity contribution >= 4 is 11.5 Å². The highest BCUT2D eigenvalue weighted by molar-refractivity contribution is 5.98. The van der Waals surface area contributed by atoms with Crippen molar-refractivity contribution in [3.05, 3.63) is 29.3 Å². The number of Topliss-reactive ketones (excluding diaryl/α,β-unsaturated/α-hetero) is 1. The molecule has 1 fully saturated rings. The van der Waals surface area contributed by atoms with E-state index in [0.717, 1.165) is 44.6 Å². The number of nitrogens with one attached hydrogen (secondary N) is 2. The fourth-order valence-electron chi connectivity index (χ4n) is 3.08. The molecule has 2 N–H and O–H groups in total. The van der Waals surface area contributed by atoms with Crippen molar-refractivity contribution in [3.63, 3.8) is 0 Å². The van der Waals surface area contributed by atoms with Crippen LogP contribution in [0.5, 0.6) is 0 Å². The van der Waals surface area contributed by atoms with Crippen LogP contribution in [0.25, 0.3) is 0 Å². The summed E-state index contributed by atoms with van der Waals surface area (Å²) in [5.41, 5.74) is 3.32. The summed E-state index contributed by atoms with van der Waals surface area (Å²) in [7, 11) is 0. The highest BCUT2D eigenvalue weighted by Crippen LogP contribution is 2.26. The molecule has 0 aliphatic carbocycles. The fraction of sp³-hybridized carbons (Fsp3) is 0.562. The van der Waals surface area contributed by atoms with E-state index in [4.69, 9.17) is 0 Å². The van der Waals surface area contributed by atoms with Gasteiger partial charge in [0.15, 0.2) is 5.78 Å². The second kappa shape index (κ2) is 5.94. The van der Waals surface area contributed by atoms with Gasteiger partial charge in [0.1, 0.15) is 0 Å². The smallest absolute Gasteiger partial charge is 0.176 e. The number of benzene rings is 1. The van der Waals surface area contributed by atoms with Crippen molar-refractivity contribution in [1.82, 2.24) is 10.2 Å². The van der Waals surface area contributed by atoms with Crippen LogP contribution in [0.15, 0.2) is 18.2 Å². The lowest BCUT2D eigenvalue weighted by molar-refractivity contribution is 0.0935. The summed E-state index contributed by atoms with van der Waals surface area (Å²) in [6.07, 6.45) is 2.14.